The standard InChI is InChI=1S/C14H25N3O/c1-10-3-2-6-16(9-10)14(18)17-12-4-5-13(17)8-11(15)7-12/h10-13H,2-9,15H2,1H3. The summed E-state index contributed by atoms with van der Waals surface area (Å²) in [5, 5.41) is 0. The number of urea groups is 1. The minimum Gasteiger partial charge on any atom is -0.328 e. The first kappa shape index (κ1) is 12.3. The molecule has 3 rings (SSSR count). The van der Waals surface area contributed by atoms with Crippen LogP contribution in [0.25, 0.3) is 0 Å². The van der Waals surface area contributed by atoms with Gasteiger partial charge in [-0.1, -0.05) is 6.92 Å². The molecule has 0 aromatic heterocycles. The topological polar surface area (TPSA) is 49.6 Å². The molecule has 0 aromatic carbocycles. The maximum atomic E-state index is 12.7. The molecule has 102 valence electrons. The van der Waals surface area contributed by atoms with E-state index in [1.165, 1.54) is 6.42 Å². The van der Waals surface area contributed by atoms with Gasteiger partial charge in [-0.15, -0.1) is 0 Å². The highest BCUT2D eigenvalue weighted by molar-refractivity contribution is 5.76. The van der Waals surface area contributed by atoms with E-state index < -0.39 is 0 Å². The Morgan fingerprint density at radius 2 is 1.83 bits per heavy atom. The third-order valence-corrected chi connectivity index (χ3v) is 4.92. The van der Waals surface area contributed by atoms with Crippen molar-refractivity contribution in [2.45, 2.75) is 63.6 Å². The van der Waals surface area contributed by atoms with Crippen molar-refractivity contribution in [3.05, 3.63) is 0 Å². The van der Waals surface area contributed by atoms with Crippen molar-refractivity contribution in [3.8, 4) is 0 Å². The van der Waals surface area contributed by atoms with Crippen molar-refractivity contribution in [2.75, 3.05) is 13.1 Å². The molecule has 3 atom stereocenters. The Balaban J connectivity index is 1.69. The van der Waals surface area contributed by atoms with Crippen LogP contribution >= 0.6 is 0 Å². The van der Waals surface area contributed by atoms with Gasteiger partial charge >= 0.3 is 6.03 Å². The fourth-order valence-corrected chi connectivity index (χ4v) is 4.06. The van der Waals surface area contributed by atoms with E-state index in [0.29, 0.717) is 30.1 Å². The summed E-state index contributed by atoms with van der Waals surface area (Å²) >= 11 is 0. The third kappa shape index (κ3) is 2.11. The number of fused-ring (bicyclic) bond motifs is 2. The quantitative estimate of drug-likeness (QED) is 0.713. The zero-order valence-corrected chi connectivity index (χ0v) is 11.3. The Labute approximate surface area is 109 Å². The lowest BCUT2D eigenvalue weighted by molar-refractivity contribution is 0.0922. The molecule has 3 aliphatic rings. The molecule has 4 heteroatoms. The van der Waals surface area contributed by atoms with Crippen LogP contribution in [0.2, 0.25) is 0 Å². The number of likely N-dealkylation sites (tertiary alicyclic amines) is 1. The molecule has 3 fully saturated rings. The van der Waals surface area contributed by atoms with Gasteiger partial charge in [0.05, 0.1) is 0 Å². The Morgan fingerprint density at radius 3 is 2.44 bits per heavy atom. The lowest BCUT2D eigenvalue weighted by Crippen LogP contribution is -2.55. The minimum atomic E-state index is 0.293. The molecule has 0 radical (unpaired) electrons. The highest BCUT2D eigenvalue weighted by Crippen LogP contribution is 2.36. The molecule has 0 aliphatic carbocycles. The fourth-order valence-electron chi connectivity index (χ4n) is 4.06. The first-order chi connectivity index (χ1) is 8.65. The highest BCUT2D eigenvalue weighted by Gasteiger charge is 2.43. The number of nitrogens with two attached hydrogens (primary N) is 1. The monoisotopic (exact) mass is 251 g/mol. The normalized spacial score (nSPS) is 40.1. The van der Waals surface area contributed by atoms with E-state index in [0.717, 1.165) is 45.2 Å². The summed E-state index contributed by atoms with van der Waals surface area (Å²) < 4.78 is 0. The van der Waals surface area contributed by atoms with Gasteiger partial charge in [0.15, 0.2) is 0 Å². The van der Waals surface area contributed by atoms with Crippen LogP contribution in [0, 0.1) is 5.92 Å². The van der Waals surface area contributed by atoms with Gasteiger partial charge in [0.2, 0.25) is 0 Å². The smallest absolute Gasteiger partial charge is 0.320 e. The Bertz CT molecular complexity index is 319. The summed E-state index contributed by atoms with van der Waals surface area (Å²) in [6, 6.07) is 1.44. The summed E-state index contributed by atoms with van der Waals surface area (Å²) in [6.45, 7) is 4.14. The van der Waals surface area contributed by atoms with E-state index in [-0.39, 0.29) is 0 Å². The maximum Gasteiger partial charge on any atom is 0.320 e. The number of carbonyl (C=O) groups is 1. The summed E-state index contributed by atoms with van der Waals surface area (Å²) in [7, 11) is 0. The predicted octanol–water partition coefficient (Wildman–Crippen LogP) is 1.79. The average Bonchev–Trinajstić information content (AvgIpc) is 2.61. The van der Waals surface area contributed by atoms with E-state index in [1.807, 2.05) is 0 Å². The molecule has 3 heterocycles. The van der Waals surface area contributed by atoms with Gasteiger partial charge in [0.25, 0.3) is 0 Å². The van der Waals surface area contributed by atoms with E-state index in [9.17, 15) is 4.79 Å². The molecular formula is C14H25N3O. The molecule has 4 nitrogen and oxygen atoms in total. The van der Waals surface area contributed by atoms with Crippen molar-refractivity contribution < 1.29 is 4.79 Å². The number of hydrogen-bond donors (Lipinski definition) is 1. The number of amides is 2. The molecule has 2 bridgehead atoms. The van der Waals surface area contributed by atoms with Crippen molar-refractivity contribution in [3.63, 3.8) is 0 Å². The molecule has 3 aliphatic heterocycles. The zero-order chi connectivity index (χ0) is 12.7. The van der Waals surface area contributed by atoms with Gasteiger partial charge in [-0.2, -0.15) is 0 Å². The van der Waals surface area contributed by atoms with Crippen molar-refractivity contribution in [1.82, 2.24) is 9.80 Å². The Morgan fingerprint density at radius 1 is 1.17 bits per heavy atom. The first-order valence-corrected chi connectivity index (χ1v) is 7.48. The van der Waals surface area contributed by atoms with Crippen LogP contribution in [0.4, 0.5) is 4.79 Å². The van der Waals surface area contributed by atoms with Crippen LogP contribution in [-0.2, 0) is 0 Å². The molecule has 18 heavy (non-hydrogen) atoms. The van der Waals surface area contributed by atoms with E-state index in [2.05, 4.69) is 16.7 Å². The van der Waals surface area contributed by atoms with Crippen LogP contribution < -0.4 is 5.73 Å². The van der Waals surface area contributed by atoms with Crippen molar-refractivity contribution in [2.24, 2.45) is 11.7 Å². The molecule has 2 N–H and O–H groups in total. The lowest BCUT2D eigenvalue weighted by Gasteiger charge is -2.42. The van der Waals surface area contributed by atoms with Gasteiger partial charge in [-0.05, 0) is 44.4 Å². The van der Waals surface area contributed by atoms with Crippen molar-refractivity contribution in [1.29, 1.82) is 0 Å². The van der Waals surface area contributed by atoms with Crippen LogP contribution in [0.1, 0.15) is 45.4 Å². The Hall–Kier alpha value is -0.770. The summed E-state index contributed by atoms with van der Waals surface area (Å²) in [5.41, 5.74) is 6.07. The van der Waals surface area contributed by atoms with E-state index >= 15 is 0 Å². The second kappa shape index (κ2) is 4.72. The fraction of sp³-hybridized carbons (Fsp3) is 0.929. The predicted molar refractivity (Wildman–Crippen MR) is 71.2 cm³/mol. The maximum absolute atomic E-state index is 12.7. The number of nitrogens with zero attached hydrogens (tertiary/aromatic N) is 2. The Kier molecular flexibility index (Phi) is 3.22. The summed E-state index contributed by atoms with van der Waals surface area (Å²) in [6.07, 6.45) is 6.76. The largest absolute Gasteiger partial charge is 0.328 e. The molecule has 2 amide bonds. The highest BCUT2D eigenvalue weighted by atomic mass is 16.2. The zero-order valence-electron chi connectivity index (χ0n) is 11.3. The van der Waals surface area contributed by atoms with Crippen LogP contribution in [0.3, 0.4) is 0 Å². The number of carbonyl (C=O) groups excluding carboxylic acids is 1. The van der Waals surface area contributed by atoms with Crippen LogP contribution in [0.15, 0.2) is 0 Å². The SMILES string of the molecule is CC1CCCN(C(=O)N2C3CCC2CC(N)C3)C1. The minimum absolute atomic E-state index is 0.293. The van der Waals surface area contributed by atoms with Crippen molar-refractivity contribution >= 4 is 6.03 Å². The van der Waals surface area contributed by atoms with Gasteiger partial charge < -0.3 is 15.5 Å². The van der Waals surface area contributed by atoms with E-state index in [4.69, 9.17) is 5.73 Å². The number of piperidine rings is 2. The third-order valence-electron chi connectivity index (χ3n) is 4.92. The average molecular weight is 251 g/mol. The second-order valence-corrected chi connectivity index (χ2v) is 6.50. The molecule has 0 spiro atoms. The van der Waals surface area contributed by atoms with Gasteiger partial charge in [0.1, 0.15) is 0 Å². The molecule has 0 saturated carbocycles. The number of hydrogen-bond acceptors (Lipinski definition) is 2. The van der Waals surface area contributed by atoms with Gasteiger partial charge in [-0.25, -0.2) is 4.79 Å². The van der Waals surface area contributed by atoms with Gasteiger partial charge in [-0.3, -0.25) is 0 Å². The molecular weight excluding hydrogens is 226 g/mol. The van der Waals surface area contributed by atoms with Crippen LogP contribution in [0.5, 0.6) is 0 Å². The number of rotatable bonds is 0. The summed E-state index contributed by atoms with van der Waals surface area (Å²) in [5.74, 6) is 0.660. The van der Waals surface area contributed by atoms with E-state index in [1.54, 1.807) is 0 Å². The van der Waals surface area contributed by atoms with Crippen LogP contribution in [-0.4, -0.2) is 47.0 Å². The molecule has 0 aromatic rings. The lowest BCUT2D eigenvalue weighted by atomic mass is 9.97. The molecule has 3 unspecified atom stereocenters. The first-order valence-electron chi connectivity index (χ1n) is 7.48. The summed E-state index contributed by atoms with van der Waals surface area (Å²) in [4.78, 5) is 16.9. The molecule has 3 saturated heterocycles. The second-order valence-electron chi connectivity index (χ2n) is 6.50. The van der Waals surface area contributed by atoms with Gasteiger partial charge in [0, 0.05) is 31.2 Å².